The van der Waals surface area contributed by atoms with Gasteiger partial charge in [0, 0.05) is 12.6 Å². The largest absolute Gasteiger partial charge is 0.314 e. The maximum Gasteiger partial charge on any atom is 0.00447 e. The second-order valence-electron chi connectivity index (χ2n) is 5.25. The minimum Gasteiger partial charge on any atom is -0.314 e. The SMILES string of the molecule is CC1CC2(CCCCC2)CN1.CCC. The Hall–Kier alpha value is -0.0400. The van der Waals surface area contributed by atoms with Crippen LogP contribution in [0, 0.1) is 5.41 Å². The van der Waals surface area contributed by atoms with Gasteiger partial charge in [-0.1, -0.05) is 39.5 Å². The lowest BCUT2D eigenvalue weighted by Crippen LogP contribution is -2.26. The van der Waals surface area contributed by atoms with E-state index in [9.17, 15) is 0 Å². The van der Waals surface area contributed by atoms with Gasteiger partial charge in [0.15, 0.2) is 0 Å². The fourth-order valence-electron chi connectivity index (χ4n) is 2.87. The summed E-state index contributed by atoms with van der Waals surface area (Å²) in [5, 5.41) is 3.58. The fraction of sp³-hybridized carbons (Fsp3) is 1.00. The molecule has 0 aromatic heterocycles. The van der Waals surface area contributed by atoms with E-state index in [2.05, 4.69) is 26.1 Å². The van der Waals surface area contributed by atoms with Crippen molar-refractivity contribution in [1.29, 1.82) is 0 Å². The topological polar surface area (TPSA) is 12.0 Å². The Labute approximate surface area is 89.7 Å². The summed E-state index contributed by atoms with van der Waals surface area (Å²) in [7, 11) is 0. The number of hydrogen-bond donors (Lipinski definition) is 1. The highest BCUT2D eigenvalue weighted by molar-refractivity contribution is 4.93. The van der Waals surface area contributed by atoms with Crippen LogP contribution < -0.4 is 5.32 Å². The van der Waals surface area contributed by atoms with Crippen molar-refractivity contribution < 1.29 is 0 Å². The van der Waals surface area contributed by atoms with Gasteiger partial charge in [0.2, 0.25) is 0 Å². The third kappa shape index (κ3) is 3.27. The molecule has 1 heteroatoms. The van der Waals surface area contributed by atoms with Crippen molar-refractivity contribution in [2.45, 2.75) is 71.8 Å². The second kappa shape index (κ2) is 5.75. The Morgan fingerprint density at radius 1 is 1.14 bits per heavy atom. The first-order chi connectivity index (χ1) is 6.72. The lowest BCUT2D eigenvalue weighted by atomic mass is 9.73. The van der Waals surface area contributed by atoms with E-state index >= 15 is 0 Å². The molecule has 0 radical (unpaired) electrons. The third-order valence-corrected chi connectivity index (χ3v) is 3.48. The van der Waals surface area contributed by atoms with Crippen molar-refractivity contribution in [2.75, 3.05) is 6.54 Å². The summed E-state index contributed by atoms with van der Waals surface area (Å²) in [5.74, 6) is 0. The van der Waals surface area contributed by atoms with Crippen molar-refractivity contribution in [3.63, 3.8) is 0 Å². The van der Waals surface area contributed by atoms with Gasteiger partial charge in [-0.15, -0.1) is 0 Å². The van der Waals surface area contributed by atoms with Crippen LogP contribution in [0.5, 0.6) is 0 Å². The molecule has 1 atom stereocenters. The van der Waals surface area contributed by atoms with Crippen LogP contribution in [0.1, 0.15) is 65.7 Å². The molecule has 1 spiro atoms. The standard InChI is InChI=1S/C10H19N.C3H8/c1-9-7-10(8-11-9)5-3-2-4-6-10;1-3-2/h9,11H,2-8H2,1H3;3H2,1-2H3. The minimum absolute atomic E-state index is 0.734. The van der Waals surface area contributed by atoms with Gasteiger partial charge in [0.05, 0.1) is 0 Å². The highest BCUT2D eigenvalue weighted by Crippen LogP contribution is 2.42. The highest BCUT2D eigenvalue weighted by atomic mass is 15.0. The average Bonchev–Trinajstić information content (AvgIpc) is 2.50. The molecule has 1 unspecified atom stereocenters. The first-order valence-corrected chi connectivity index (χ1v) is 6.46. The van der Waals surface area contributed by atoms with E-state index in [4.69, 9.17) is 0 Å². The maximum absolute atomic E-state index is 3.58. The molecule has 2 aliphatic rings. The maximum atomic E-state index is 3.58. The van der Waals surface area contributed by atoms with Crippen molar-refractivity contribution in [1.82, 2.24) is 5.32 Å². The molecule has 14 heavy (non-hydrogen) atoms. The molecule has 1 aliphatic carbocycles. The molecule has 0 aromatic carbocycles. The Bertz CT molecular complexity index is 142. The van der Waals surface area contributed by atoms with Crippen molar-refractivity contribution in [3.05, 3.63) is 0 Å². The molecule has 2 rings (SSSR count). The lowest BCUT2D eigenvalue weighted by molar-refractivity contribution is 0.212. The molecule has 1 saturated carbocycles. The Morgan fingerprint density at radius 2 is 1.71 bits per heavy atom. The van der Waals surface area contributed by atoms with Gasteiger partial charge in [-0.3, -0.25) is 0 Å². The van der Waals surface area contributed by atoms with Crippen molar-refractivity contribution >= 4 is 0 Å². The van der Waals surface area contributed by atoms with Gasteiger partial charge in [0.25, 0.3) is 0 Å². The molecule has 1 nitrogen and oxygen atoms in total. The van der Waals surface area contributed by atoms with E-state index in [1.54, 1.807) is 0 Å². The van der Waals surface area contributed by atoms with Gasteiger partial charge >= 0.3 is 0 Å². The highest BCUT2D eigenvalue weighted by Gasteiger charge is 2.37. The summed E-state index contributed by atoms with van der Waals surface area (Å²) in [6.07, 6.45) is 10.1. The van der Waals surface area contributed by atoms with Crippen LogP contribution in [0.25, 0.3) is 0 Å². The van der Waals surface area contributed by atoms with Crippen LogP contribution in [0.2, 0.25) is 0 Å². The summed E-state index contributed by atoms with van der Waals surface area (Å²) in [6, 6.07) is 0.785. The van der Waals surface area contributed by atoms with Crippen LogP contribution in [-0.4, -0.2) is 12.6 Å². The van der Waals surface area contributed by atoms with Crippen LogP contribution in [0.4, 0.5) is 0 Å². The van der Waals surface area contributed by atoms with Crippen molar-refractivity contribution in [2.24, 2.45) is 5.41 Å². The first-order valence-electron chi connectivity index (χ1n) is 6.46. The van der Waals surface area contributed by atoms with Crippen LogP contribution in [0.15, 0.2) is 0 Å². The summed E-state index contributed by atoms with van der Waals surface area (Å²) in [6.45, 7) is 7.87. The molecule has 0 bridgehead atoms. The van der Waals surface area contributed by atoms with E-state index in [0.29, 0.717) is 0 Å². The molecule has 84 valence electrons. The molecule has 0 amide bonds. The van der Waals surface area contributed by atoms with E-state index in [1.165, 1.54) is 51.5 Å². The van der Waals surface area contributed by atoms with Gasteiger partial charge in [-0.25, -0.2) is 0 Å². The molecule has 1 heterocycles. The minimum atomic E-state index is 0.734. The first kappa shape index (κ1) is 12.0. The Morgan fingerprint density at radius 3 is 2.14 bits per heavy atom. The number of hydrogen-bond acceptors (Lipinski definition) is 1. The van der Waals surface area contributed by atoms with E-state index in [1.807, 2.05) is 0 Å². The lowest BCUT2D eigenvalue weighted by Gasteiger charge is -2.32. The van der Waals surface area contributed by atoms with Crippen LogP contribution in [-0.2, 0) is 0 Å². The average molecular weight is 197 g/mol. The molecular formula is C13H27N. The summed E-state index contributed by atoms with van der Waals surface area (Å²) < 4.78 is 0. The summed E-state index contributed by atoms with van der Waals surface area (Å²) >= 11 is 0. The zero-order valence-corrected chi connectivity index (χ0v) is 10.2. The van der Waals surface area contributed by atoms with E-state index in [-0.39, 0.29) is 0 Å². The molecule has 1 aliphatic heterocycles. The van der Waals surface area contributed by atoms with Gasteiger partial charge in [-0.05, 0) is 31.6 Å². The predicted octanol–water partition coefficient (Wildman–Crippen LogP) is 3.74. The normalized spacial score (nSPS) is 29.8. The quantitative estimate of drug-likeness (QED) is 0.624. The molecule has 1 N–H and O–H groups in total. The number of rotatable bonds is 0. The summed E-state index contributed by atoms with van der Waals surface area (Å²) in [5.41, 5.74) is 0.734. The van der Waals surface area contributed by atoms with E-state index < -0.39 is 0 Å². The zero-order chi connectivity index (χ0) is 10.4. The van der Waals surface area contributed by atoms with E-state index in [0.717, 1.165) is 11.5 Å². The number of nitrogens with one attached hydrogen (secondary N) is 1. The smallest absolute Gasteiger partial charge is 0.00447 e. The Kier molecular flexibility index (Phi) is 4.94. The molecule has 2 fully saturated rings. The van der Waals surface area contributed by atoms with Gasteiger partial charge < -0.3 is 5.32 Å². The summed E-state index contributed by atoms with van der Waals surface area (Å²) in [4.78, 5) is 0. The molecule has 0 aromatic rings. The van der Waals surface area contributed by atoms with Crippen LogP contribution in [0.3, 0.4) is 0 Å². The Balaban J connectivity index is 0.000000293. The monoisotopic (exact) mass is 197 g/mol. The van der Waals surface area contributed by atoms with Gasteiger partial charge in [0.1, 0.15) is 0 Å². The predicted molar refractivity (Wildman–Crippen MR) is 63.6 cm³/mol. The molecule has 1 saturated heterocycles. The molecular weight excluding hydrogens is 170 g/mol. The zero-order valence-electron chi connectivity index (χ0n) is 10.2. The van der Waals surface area contributed by atoms with Crippen molar-refractivity contribution in [3.8, 4) is 0 Å². The third-order valence-electron chi connectivity index (χ3n) is 3.48. The van der Waals surface area contributed by atoms with Gasteiger partial charge in [-0.2, -0.15) is 0 Å². The fourth-order valence-corrected chi connectivity index (χ4v) is 2.87. The van der Waals surface area contributed by atoms with Crippen LogP contribution >= 0.6 is 0 Å². The second-order valence-corrected chi connectivity index (χ2v) is 5.25.